The Balaban J connectivity index is 0.00000192. The Bertz CT molecular complexity index is 847. The van der Waals surface area contributed by atoms with Crippen LogP contribution in [0.25, 0.3) is 16.2 Å². The molecule has 0 saturated carbocycles. The number of carbonyl (C=O) groups excluding carboxylic acids is 1. The molecule has 3 rings (SSSR count). The van der Waals surface area contributed by atoms with Gasteiger partial charge in [-0.25, -0.2) is 0 Å². The van der Waals surface area contributed by atoms with Crippen molar-refractivity contribution in [2.75, 3.05) is 0 Å². The summed E-state index contributed by atoms with van der Waals surface area (Å²) in [7, 11) is 0. The summed E-state index contributed by atoms with van der Waals surface area (Å²) >= 11 is 1.35. The standard InChI is InChI=1S/C19H15O2S.Y/c1-2-3-4-13-5-7-14(8-6-13)19(21)17-12-22-18-11-15(20)9-10-16(17)18;/h3-11,20H,2H2,1H3;/q-1;/b4-3+;. The van der Waals surface area contributed by atoms with Crippen LogP contribution in [0, 0.1) is 5.38 Å². The van der Waals surface area contributed by atoms with Crippen LogP contribution in [-0.4, -0.2) is 10.9 Å². The van der Waals surface area contributed by atoms with Crippen LogP contribution in [0.5, 0.6) is 5.75 Å². The molecule has 0 bridgehead atoms. The maximum atomic E-state index is 12.6. The van der Waals surface area contributed by atoms with Crippen LogP contribution in [0.2, 0.25) is 0 Å². The predicted molar refractivity (Wildman–Crippen MR) is 91.5 cm³/mol. The number of thiophene rings is 1. The molecular formula is C19H15O2SY-. The van der Waals surface area contributed by atoms with Gasteiger partial charge in [-0.15, -0.1) is 11.5 Å². The fourth-order valence-electron chi connectivity index (χ4n) is 2.28. The third-order valence-corrected chi connectivity index (χ3v) is 4.31. The van der Waals surface area contributed by atoms with E-state index in [1.165, 1.54) is 11.3 Å². The number of carbonyl (C=O) groups is 1. The van der Waals surface area contributed by atoms with Crippen LogP contribution in [0.15, 0.2) is 48.5 Å². The van der Waals surface area contributed by atoms with Crippen LogP contribution >= 0.6 is 11.3 Å². The number of phenolic OH excluding ortho intramolecular Hbond substituents is 1. The van der Waals surface area contributed by atoms with Gasteiger partial charge >= 0.3 is 0 Å². The quantitative estimate of drug-likeness (QED) is 0.495. The molecule has 0 spiro atoms. The van der Waals surface area contributed by atoms with Crippen LogP contribution in [0.1, 0.15) is 34.8 Å². The van der Waals surface area contributed by atoms with E-state index in [4.69, 9.17) is 0 Å². The fraction of sp³-hybridized carbons (Fsp3) is 0.105. The van der Waals surface area contributed by atoms with E-state index in [1.54, 1.807) is 18.2 Å². The van der Waals surface area contributed by atoms with E-state index < -0.39 is 0 Å². The molecule has 4 heteroatoms. The van der Waals surface area contributed by atoms with Gasteiger partial charge in [0, 0.05) is 32.7 Å². The number of aromatic hydroxyl groups is 1. The van der Waals surface area contributed by atoms with E-state index in [-0.39, 0.29) is 44.2 Å². The molecule has 0 fully saturated rings. The first-order chi connectivity index (χ1) is 10.7. The monoisotopic (exact) mass is 396 g/mol. The van der Waals surface area contributed by atoms with Gasteiger partial charge in [0.1, 0.15) is 11.5 Å². The number of hydrogen-bond donors (Lipinski definition) is 1. The number of rotatable bonds is 4. The molecule has 1 N–H and O–H groups in total. The molecule has 1 radical (unpaired) electrons. The second-order valence-electron chi connectivity index (χ2n) is 5.02. The Hall–Kier alpha value is -1.29. The second-order valence-corrected chi connectivity index (χ2v) is 5.87. The second kappa shape index (κ2) is 8.00. The van der Waals surface area contributed by atoms with E-state index in [0.29, 0.717) is 11.1 Å². The molecule has 0 aliphatic rings. The fourth-order valence-corrected chi connectivity index (χ4v) is 3.15. The Labute approximate surface area is 164 Å². The van der Waals surface area contributed by atoms with Gasteiger partial charge in [0.25, 0.3) is 0 Å². The Kier molecular flexibility index (Phi) is 6.28. The van der Waals surface area contributed by atoms with E-state index in [0.717, 1.165) is 22.1 Å². The molecule has 113 valence electrons. The summed E-state index contributed by atoms with van der Waals surface area (Å²) in [4.78, 5) is 12.6. The summed E-state index contributed by atoms with van der Waals surface area (Å²) < 4.78 is 0.867. The molecule has 0 aliphatic heterocycles. The molecule has 1 heterocycles. The smallest absolute Gasteiger partial charge is 0.108 e. The minimum Gasteiger partial charge on any atom is -0.509 e. The maximum Gasteiger partial charge on any atom is 0.108 e. The number of hydrogen-bond acceptors (Lipinski definition) is 3. The molecule has 3 aromatic rings. The van der Waals surface area contributed by atoms with Gasteiger partial charge in [0.05, 0.1) is 0 Å². The van der Waals surface area contributed by atoms with Gasteiger partial charge in [0.2, 0.25) is 0 Å². The molecular weight excluding hydrogens is 381 g/mol. The van der Waals surface area contributed by atoms with Crippen LogP contribution < -0.4 is 0 Å². The number of benzene rings is 2. The van der Waals surface area contributed by atoms with Crippen molar-refractivity contribution in [2.24, 2.45) is 0 Å². The number of allylic oxidation sites excluding steroid dienone is 1. The van der Waals surface area contributed by atoms with Crippen molar-refractivity contribution in [3.8, 4) is 5.75 Å². The van der Waals surface area contributed by atoms with Crippen LogP contribution in [0.3, 0.4) is 0 Å². The van der Waals surface area contributed by atoms with Gasteiger partial charge in [-0.2, -0.15) is 0 Å². The van der Waals surface area contributed by atoms with Gasteiger partial charge < -0.3 is 9.90 Å². The average Bonchev–Trinajstić information content (AvgIpc) is 2.95. The number of ketones is 1. The van der Waals surface area contributed by atoms with Crippen molar-refractivity contribution >= 4 is 33.3 Å². The van der Waals surface area contributed by atoms with Crippen molar-refractivity contribution < 1.29 is 42.6 Å². The molecule has 2 aromatic carbocycles. The maximum absolute atomic E-state index is 12.6. The minimum atomic E-state index is -0.0389. The zero-order chi connectivity index (χ0) is 15.5. The SMILES string of the molecule is CC/C=C/c1ccc(C(=O)c2[c-]sc3cc(O)ccc23)cc1.[Y]. The third kappa shape index (κ3) is 3.98. The summed E-state index contributed by atoms with van der Waals surface area (Å²) in [6, 6.07) is 12.6. The summed E-state index contributed by atoms with van der Waals surface area (Å²) in [5, 5.41) is 13.4. The predicted octanol–water partition coefficient (Wildman–Crippen LogP) is 5.06. The first-order valence-corrected chi connectivity index (χ1v) is 7.95. The molecule has 2 nitrogen and oxygen atoms in total. The molecule has 0 aliphatic carbocycles. The first kappa shape index (κ1) is 18.1. The molecule has 0 unspecified atom stereocenters. The van der Waals surface area contributed by atoms with Crippen molar-refractivity contribution in [3.05, 3.63) is 70.6 Å². The van der Waals surface area contributed by atoms with E-state index in [2.05, 4.69) is 18.4 Å². The largest absolute Gasteiger partial charge is 0.509 e. The van der Waals surface area contributed by atoms with Crippen LogP contribution in [0.4, 0.5) is 0 Å². The van der Waals surface area contributed by atoms with Crippen LogP contribution in [-0.2, 0) is 32.7 Å². The molecule has 0 saturated heterocycles. The summed E-state index contributed by atoms with van der Waals surface area (Å²) in [6.45, 7) is 2.09. The first-order valence-electron chi connectivity index (χ1n) is 7.13. The normalized spacial score (nSPS) is 10.8. The van der Waals surface area contributed by atoms with Crippen molar-refractivity contribution in [3.63, 3.8) is 0 Å². The van der Waals surface area contributed by atoms with Gasteiger partial charge in [0.15, 0.2) is 0 Å². The van der Waals surface area contributed by atoms with E-state index in [9.17, 15) is 9.90 Å². The zero-order valence-corrected chi connectivity index (χ0v) is 16.4. The van der Waals surface area contributed by atoms with E-state index in [1.807, 2.05) is 30.3 Å². The Morgan fingerprint density at radius 1 is 1.22 bits per heavy atom. The Morgan fingerprint density at radius 3 is 2.65 bits per heavy atom. The van der Waals surface area contributed by atoms with E-state index >= 15 is 0 Å². The van der Waals surface area contributed by atoms with Crippen molar-refractivity contribution in [2.45, 2.75) is 13.3 Å². The molecule has 0 amide bonds. The molecule has 1 aromatic heterocycles. The molecule has 0 atom stereocenters. The average molecular weight is 396 g/mol. The minimum absolute atomic E-state index is 0. The summed E-state index contributed by atoms with van der Waals surface area (Å²) in [5.74, 6) is 0.164. The number of phenols is 1. The summed E-state index contributed by atoms with van der Waals surface area (Å²) in [5.41, 5.74) is 2.30. The topological polar surface area (TPSA) is 37.3 Å². The summed E-state index contributed by atoms with van der Waals surface area (Å²) in [6.07, 6.45) is 5.12. The third-order valence-electron chi connectivity index (χ3n) is 3.44. The Morgan fingerprint density at radius 2 is 1.96 bits per heavy atom. The zero-order valence-electron chi connectivity index (χ0n) is 12.7. The number of fused-ring (bicyclic) bond motifs is 1. The van der Waals surface area contributed by atoms with Gasteiger partial charge in [-0.1, -0.05) is 65.1 Å². The van der Waals surface area contributed by atoms with Crippen molar-refractivity contribution in [1.82, 2.24) is 0 Å². The van der Waals surface area contributed by atoms with Gasteiger partial charge in [-0.3, -0.25) is 11.3 Å². The van der Waals surface area contributed by atoms with Gasteiger partial charge in [-0.05, 0) is 23.6 Å². The van der Waals surface area contributed by atoms with Crippen molar-refractivity contribution in [1.29, 1.82) is 0 Å². The molecule has 23 heavy (non-hydrogen) atoms.